The Labute approximate surface area is 131 Å². The molecule has 0 bridgehead atoms. The van der Waals surface area contributed by atoms with Gasteiger partial charge in [0.2, 0.25) is 0 Å². The van der Waals surface area contributed by atoms with Crippen molar-refractivity contribution in [2.45, 2.75) is 58.3 Å². The summed E-state index contributed by atoms with van der Waals surface area (Å²) >= 11 is 3.34. The fraction of sp³-hybridized carbons (Fsp3) is 0.562. The van der Waals surface area contributed by atoms with Crippen molar-refractivity contribution in [1.82, 2.24) is 9.71 Å². The molecular formula is C16H26N2S2. The third kappa shape index (κ3) is 7.88. The Bertz CT molecular complexity index is 494. The molecule has 2 aromatic rings. The number of hydrogen-bond acceptors (Lipinski definition) is 4. The second-order valence-corrected chi connectivity index (χ2v) is 9.49. The maximum atomic E-state index is 4.53. The molecule has 0 fully saturated rings. The van der Waals surface area contributed by atoms with E-state index in [1.165, 1.54) is 4.70 Å². The van der Waals surface area contributed by atoms with Crippen LogP contribution >= 0.6 is 23.3 Å². The minimum atomic E-state index is 0.114. The lowest BCUT2D eigenvalue weighted by Gasteiger charge is -2.17. The van der Waals surface area contributed by atoms with Gasteiger partial charge in [0.25, 0.3) is 0 Å². The van der Waals surface area contributed by atoms with Crippen LogP contribution in [0.2, 0.25) is 0 Å². The fourth-order valence-corrected chi connectivity index (χ4v) is 2.89. The predicted molar refractivity (Wildman–Crippen MR) is 93.5 cm³/mol. The number of rotatable bonds is 2. The lowest BCUT2D eigenvalue weighted by atomic mass is 10.0. The number of nitrogens with zero attached hydrogens (tertiary/aromatic N) is 1. The highest BCUT2D eigenvalue weighted by molar-refractivity contribution is 7.99. The lowest BCUT2D eigenvalue weighted by Crippen LogP contribution is -2.29. The number of nitrogens with one attached hydrogen (secondary N) is 1. The minimum Gasteiger partial charge on any atom is -0.253 e. The van der Waals surface area contributed by atoms with E-state index in [1.54, 1.807) is 23.3 Å². The van der Waals surface area contributed by atoms with E-state index in [1.807, 2.05) is 18.2 Å². The summed E-state index contributed by atoms with van der Waals surface area (Å²) in [6.07, 6.45) is 0. The van der Waals surface area contributed by atoms with Crippen molar-refractivity contribution in [1.29, 1.82) is 0 Å². The van der Waals surface area contributed by atoms with E-state index in [4.69, 9.17) is 0 Å². The highest BCUT2D eigenvalue weighted by Gasteiger charge is 2.11. The molecule has 112 valence electrons. The Balaban J connectivity index is 0.000000347. The first-order valence-corrected chi connectivity index (χ1v) is 8.47. The average Bonchev–Trinajstić information content (AvgIpc) is 2.65. The molecule has 0 aliphatic heterocycles. The number of hydrogen-bond donors (Lipinski definition) is 1. The number of thiazole rings is 1. The van der Waals surface area contributed by atoms with Crippen LogP contribution in [0.25, 0.3) is 10.2 Å². The van der Waals surface area contributed by atoms with Gasteiger partial charge in [0, 0.05) is 5.54 Å². The van der Waals surface area contributed by atoms with Gasteiger partial charge in [-0.3, -0.25) is 4.72 Å². The summed E-state index contributed by atoms with van der Waals surface area (Å²) in [6.45, 7) is 15.2. The highest BCUT2D eigenvalue weighted by Crippen LogP contribution is 2.28. The normalized spacial score (nSPS) is 12.2. The second kappa shape index (κ2) is 6.92. The van der Waals surface area contributed by atoms with Crippen LogP contribution in [0.15, 0.2) is 28.6 Å². The van der Waals surface area contributed by atoms with Gasteiger partial charge < -0.3 is 0 Å². The zero-order chi connectivity index (χ0) is 15.4. The summed E-state index contributed by atoms with van der Waals surface area (Å²) in [5.74, 6) is 0. The molecule has 0 aliphatic rings. The molecule has 20 heavy (non-hydrogen) atoms. The van der Waals surface area contributed by atoms with Crippen molar-refractivity contribution in [3.8, 4) is 0 Å². The number of benzene rings is 1. The summed E-state index contributed by atoms with van der Waals surface area (Å²) in [4.78, 5) is 4.53. The van der Waals surface area contributed by atoms with Crippen LogP contribution in [0, 0.1) is 5.41 Å². The van der Waals surface area contributed by atoms with Gasteiger partial charge in [-0.15, -0.1) is 11.3 Å². The first-order chi connectivity index (χ1) is 9.04. The second-order valence-electron chi connectivity index (χ2n) is 7.40. The number of para-hydroxylation sites is 1. The Morgan fingerprint density at radius 1 is 1.00 bits per heavy atom. The van der Waals surface area contributed by atoms with Crippen LogP contribution in [-0.4, -0.2) is 10.5 Å². The Kier molecular flexibility index (Phi) is 6.05. The molecular weight excluding hydrogens is 284 g/mol. The molecule has 0 radical (unpaired) electrons. The van der Waals surface area contributed by atoms with Crippen LogP contribution in [0.4, 0.5) is 0 Å². The molecule has 2 rings (SSSR count). The van der Waals surface area contributed by atoms with Gasteiger partial charge >= 0.3 is 0 Å². The zero-order valence-electron chi connectivity index (χ0n) is 13.6. The van der Waals surface area contributed by atoms with Crippen molar-refractivity contribution in [3.63, 3.8) is 0 Å². The number of fused-ring (bicyclic) bond motifs is 1. The molecule has 0 amide bonds. The summed E-state index contributed by atoms with van der Waals surface area (Å²) in [5, 5.41) is 0. The first-order valence-electron chi connectivity index (χ1n) is 6.84. The molecule has 1 aromatic carbocycles. The minimum absolute atomic E-state index is 0.114. The summed E-state index contributed by atoms with van der Waals surface area (Å²) in [7, 11) is 0. The fourth-order valence-electron chi connectivity index (χ4n) is 1.09. The molecule has 1 aromatic heterocycles. The van der Waals surface area contributed by atoms with E-state index in [2.05, 4.69) is 64.2 Å². The SMILES string of the molecule is CC(C)(C)C.CC(C)(C)NSc1nc2ccccc2s1. The molecule has 1 N–H and O–H groups in total. The van der Waals surface area contributed by atoms with Gasteiger partial charge in [-0.2, -0.15) is 0 Å². The van der Waals surface area contributed by atoms with Crippen LogP contribution in [0.5, 0.6) is 0 Å². The molecule has 2 nitrogen and oxygen atoms in total. The van der Waals surface area contributed by atoms with Crippen molar-refractivity contribution in [3.05, 3.63) is 24.3 Å². The van der Waals surface area contributed by atoms with Crippen LogP contribution in [-0.2, 0) is 0 Å². The van der Waals surface area contributed by atoms with Gasteiger partial charge in [-0.1, -0.05) is 39.8 Å². The third-order valence-electron chi connectivity index (χ3n) is 1.72. The Morgan fingerprint density at radius 3 is 2.05 bits per heavy atom. The standard InChI is InChI=1S/C11H14N2S2.C5H12/c1-11(2,3)13-15-10-12-8-6-4-5-7-9(8)14-10;1-5(2,3)4/h4-7,13H,1-3H3;1-4H3. The Hall–Kier alpha value is -0.580. The predicted octanol–water partition coefficient (Wildman–Crippen LogP) is 5.74. The van der Waals surface area contributed by atoms with Gasteiger partial charge in [-0.05, 0) is 50.3 Å². The van der Waals surface area contributed by atoms with Crippen molar-refractivity contribution < 1.29 is 0 Å². The molecule has 0 aliphatic carbocycles. The number of aromatic nitrogens is 1. The maximum Gasteiger partial charge on any atom is 0.166 e. The smallest absolute Gasteiger partial charge is 0.166 e. The van der Waals surface area contributed by atoms with Crippen molar-refractivity contribution >= 4 is 33.5 Å². The third-order valence-corrected chi connectivity index (χ3v) is 4.03. The zero-order valence-corrected chi connectivity index (χ0v) is 15.2. The molecule has 0 spiro atoms. The van der Waals surface area contributed by atoms with E-state index in [0.717, 1.165) is 9.86 Å². The van der Waals surface area contributed by atoms with Crippen LogP contribution in [0.3, 0.4) is 0 Å². The maximum absolute atomic E-state index is 4.53. The van der Waals surface area contributed by atoms with E-state index in [0.29, 0.717) is 5.41 Å². The molecule has 0 unspecified atom stereocenters. The van der Waals surface area contributed by atoms with Crippen molar-refractivity contribution in [2.24, 2.45) is 5.41 Å². The van der Waals surface area contributed by atoms with E-state index in [9.17, 15) is 0 Å². The summed E-state index contributed by atoms with van der Waals surface area (Å²) in [6, 6.07) is 8.22. The van der Waals surface area contributed by atoms with Gasteiger partial charge in [-0.25, -0.2) is 4.98 Å². The van der Waals surface area contributed by atoms with E-state index >= 15 is 0 Å². The molecule has 0 saturated carbocycles. The monoisotopic (exact) mass is 310 g/mol. The van der Waals surface area contributed by atoms with E-state index in [-0.39, 0.29) is 5.54 Å². The van der Waals surface area contributed by atoms with Crippen molar-refractivity contribution in [2.75, 3.05) is 0 Å². The summed E-state index contributed by atoms with van der Waals surface area (Å²) in [5.41, 5.74) is 1.70. The van der Waals surface area contributed by atoms with Gasteiger partial charge in [0.1, 0.15) is 0 Å². The first kappa shape index (κ1) is 17.5. The molecule has 0 saturated heterocycles. The molecule has 1 heterocycles. The van der Waals surface area contributed by atoms with E-state index < -0.39 is 0 Å². The average molecular weight is 311 g/mol. The lowest BCUT2D eigenvalue weighted by molar-refractivity contribution is 0.469. The van der Waals surface area contributed by atoms with Gasteiger partial charge in [0.15, 0.2) is 4.34 Å². The van der Waals surface area contributed by atoms with Gasteiger partial charge in [0.05, 0.1) is 10.2 Å². The summed E-state index contributed by atoms with van der Waals surface area (Å²) < 4.78 is 5.68. The Morgan fingerprint density at radius 2 is 1.55 bits per heavy atom. The highest BCUT2D eigenvalue weighted by atomic mass is 32.2. The van der Waals surface area contributed by atoms with Crippen LogP contribution in [0.1, 0.15) is 48.5 Å². The molecule has 0 atom stereocenters. The van der Waals surface area contributed by atoms with Crippen LogP contribution < -0.4 is 4.72 Å². The topological polar surface area (TPSA) is 24.9 Å². The molecule has 4 heteroatoms. The largest absolute Gasteiger partial charge is 0.253 e. The quantitative estimate of drug-likeness (QED) is 0.715.